The number of nitrogens with one attached hydrogen (secondary N) is 1. The van der Waals surface area contributed by atoms with E-state index >= 15 is 0 Å². The van der Waals surface area contributed by atoms with Gasteiger partial charge in [0.15, 0.2) is 0 Å². The molecule has 1 saturated carbocycles. The number of cyclic esters (lactones) is 1. The van der Waals surface area contributed by atoms with Crippen molar-refractivity contribution in [3.8, 4) is 11.4 Å². The van der Waals surface area contributed by atoms with Crippen LogP contribution in [0, 0.1) is 0 Å². The Labute approximate surface area is 195 Å². The van der Waals surface area contributed by atoms with E-state index in [1.807, 2.05) is 30.3 Å². The average Bonchev–Trinajstić information content (AvgIpc) is 3.47. The van der Waals surface area contributed by atoms with Crippen molar-refractivity contribution >= 4 is 23.0 Å². The van der Waals surface area contributed by atoms with Crippen LogP contribution in [-0.4, -0.2) is 27.7 Å². The first-order chi connectivity index (χ1) is 16.5. The average molecular weight is 460 g/mol. The van der Waals surface area contributed by atoms with Crippen LogP contribution < -0.4 is 10.9 Å². The molecule has 3 aromatic rings. The Bertz CT molecular complexity index is 1410. The van der Waals surface area contributed by atoms with Crippen molar-refractivity contribution in [2.75, 3.05) is 0 Å². The summed E-state index contributed by atoms with van der Waals surface area (Å²) < 4.78 is 12.9. The molecule has 2 aromatic heterocycles. The van der Waals surface area contributed by atoms with Crippen LogP contribution in [0.2, 0.25) is 0 Å². The predicted molar refractivity (Wildman–Crippen MR) is 124 cm³/mol. The maximum absolute atomic E-state index is 13.5. The Hall–Kier alpha value is -3.68. The van der Waals surface area contributed by atoms with Gasteiger partial charge in [-0.3, -0.25) is 4.79 Å². The summed E-state index contributed by atoms with van der Waals surface area (Å²) in [6.07, 6.45) is 3.37. The second-order valence-electron chi connectivity index (χ2n) is 9.27. The predicted octanol–water partition coefficient (Wildman–Crippen LogP) is 3.76. The number of carbonyl (C=O) groups excluding carboxylic acids is 2. The minimum Gasteiger partial charge on any atom is -0.457 e. The number of para-hydroxylation sites is 1. The molecule has 1 fully saturated rings. The maximum atomic E-state index is 13.5. The number of amides is 1. The Morgan fingerprint density at radius 3 is 2.82 bits per heavy atom. The molecule has 174 valence electrons. The molecule has 6 rings (SSSR count). The van der Waals surface area contributed by atoms with Crippen LogP contribution in [0.15, 0.2) is 41.2 Å². The smallest absolute Gasteiger partial charge is 0.408 e. The zero-order chi connectivity index (χ0) is 23.4. The molecule has 8 nitrogen and oxygen atoms in total. The highest BCUT2D eigenvalue weighted by atomic mass is 16.6. The van der Waals surface area contributed by atoms with Gasteiger partial charge >= 0.3 is 12.1 Å². The van der Waals surface area contributed by atoms with Crippen LogP contribution in [0.3, 0.4) is 0 Å². The van der Waals surface area contributed by atoms with Gasteiger partial charge in [-0.15, -0.1) is 0 Å². The summed E-state index contributed by atoms with van der Waals surface area (Å²) in [5.41, 5.74) is 1.91. The number of hydrogen-bond acceptors (Lipinski definition) is 6. The summed E-state index contributed by atoms with van der Waals surface area (Å²) in [7, 11) is 0. The number of fused-ring (bicyclic) bond motifs is 5. The van der Waals surface area contributed by atoms with Crippen molar-refractivity contribution < 1.29 is 19.1 Å². The Balaban J connectivity index is 1.47. The van der Waals surface area contributed by atoms with Gasteiger partial charge in [-0.05, 0) is 37.5 Å². The standard InChI is InChI=1S/C26H25N3O5/c1-2-26(34-25(32)27-17-8-4-5-9-17)19-12-21-22-16(11-15-7-3-6-10-20(15)28-22)13-29(21)23(30)18(19)14-33-24(26)31/h3,6-7,10-12,17H,2,4-5,8-9,13-14H2,1H3,(H,27,32)/t26-/m0/s1. The number of pyridine rings is 2. The molecule has 2 aliphatic heterocycles. The fraction of sp³-hybridized carbons (Fsp3) is 0.385. The van der Waals surface area contributed by atoms with Crippen molar-refractivity contribution in [3.05, 3.63) is 63.4 Å². The third-order valence-electron chi connectivity index (χ3n) is 7.33. The summed E-state index contributed by atoms with van der Waals surface area (Å²) >= 11 is 0. The van der Waals surface area contributed by atoms with E-state index in [1.165, 1.54) is 0 Å². The van der Waals surface area contributed by atoms with Gasteiger partial charge < -0.3 is 19.4 Å². The lowest BCUT2D eigenvalue weighted by Gasteiger charge is -2.35. The number of esters is 1. The van der Waals surface area contributed by atoms with Crippen molar-refractivity contribution in [1.82, 2.24) is 14.9 Å². The molecular weight excluding hydrogens is 434 g/mol. The molecule has 3 aliphatic rings. The molecule has 34 heavy (non-hydrogen) atoms. The number of hydrogen-bond donors (Lipinski definition) is 1. The van der Waals surface area contributed by atoms with E-state index in [1.54, 1.807) is 17.6 Å². The fourth-order valence-electron chi connectivity index (χ4n) is 5.51. The van der Waals surface area contributed by atoms with Crippen molar-refractivity contribution in [1.29, 1.82) is 0 Å². The Morgan fingerprint density at radius 2 is 2.03 bits per heavy atom. The number of aromatic nitrogens is 2. The minimum atomic E-state index is -1.68. The lowest BCUT2D eigenvalue weighted by molar-refractivity contribution is -0.172. The minimum absolute atomic E-state index is 0.0375. The number of ether oxygens (including phenoxy) is 2. The molecule has 0 unspecified atom stereocenters. The summed E-state index contributed by atoms with van der Waals surface area (Å²) in [6.45, 7) is 2.00. The molecule has 1 atom stereocenters. The Morgan fingerprint density at radius 1 is 1.24 bits per heavy atom. The number of nitrogens with zero attached hydrogens (tertiary/aromatic N) is 2. The number of carbonyl (C=O) groups is 2. The zero-order valence-electron chi connectivity index (χ0n) is 18.9. The molecule has 1 aromatic carbocycles. The molecule has 0 radical (unpaired) electrons. The van der Waals surface area contributed by atoms with E-state index in [-0.39, 0.29) is 24.6 Å². The highest BCUT2D eigenvalue weighted by Crippen LogP contribution is 2.41. The van der Waals surface area contributed by atoms with E-state index in [2.05, 4.69) is 5.32 Å². The first kappa shape index (κ1) is 20.9. The molecule has 0 spiro atoms. The quantitative estimate of drug-likeness (QED) is 0.469. The van der Waals surface area contributed by atoms with E-state index in [0.717, 1.165) is 42.1 Å². The normalized spacial score (nSPS) is 21.0. The fourth-order valence-corrected chi connectivity index (χ4v) is 5.51. The lowest BCUT2D eigenvalue weighted by Crippen LogP contribution is -2.49. The maximum Gasteiger partial charge on any atom is 0.408 e. The van der Waals surface area contributed by atoms with Crippen molar-refractivity contribution in [2.24, 2.45) is 0 Å². The van der Waals surface area contributed by atoms with Gasteiger partial charge in [0.2, 0.25) is 5.60 Å². The van der Waals surface area contributed by atoms with E-state index in [9.17, 15) is 14.4 Å². The first-order valence-corrected chi connectivity index (χ1v) is 11.8. The van der Waals surface area contributed by atoms with Crippen molar-refractivity contribution in [2.45, 2.75) is 63.8 Å². The molecule has 0 saturated heterocycles. The SMILES string of the molecule is CC[C@@]1(OC(=O)NC2CCCC2)C(=O)OCc2c1cc1n(c2=O)Cc2cc3ccccc3nc2-1. The summed E-state index contributed by atoms with van der Waals surface area (Å²) in [6, 6.07) is 11.7. The number of alkyl carbamates (subject to hydrolysis) is 1. The number of benzene rings is 1. The van der Waals surface area contributed by atoms with Crippen molar-refractivity contribution in [3.63, 3.8) is 0 Å². The van der Waals surface area contributed by atoms with Gasteiger partial charge in [-0.2, -0.15) is 0 Å². The molecule has 1 amide bonds. The van der Waals surface area contributed by atoms with Gasteiger partial charge in [0.25, 0.3) is 5.56 Å². The van der Waals surface area contributed by atoms with Gasteiger partial charge in [0.1, 0.15) is 6.61 Å². The molecule has 8 heteroatoms. The van der Waals surface area contributed by atoms with Crippen LogP contribution in [-0.2, 0) is 33.0 Å². The topological polar surface area (TPSA) is 99.5 Å². The second kappa shape index (κ2) is 7.68. The highest BCUT2D eigenvalue weighted by Gasteiger charge is 2.50. The van der Waals surface area contributed by atoms with Gasteiger partial charge in [0, 0.05) is 22.6 Å². The summed E-state index contributed by atoms with van der Waals surface area (Å²) in [5, 5.41) is 3.87. The van der Waals surface area contributed by atoms with E-state index in [4.69, 9.17) is 14.5 Å². The van der Waals surface area contributed by atoms with E-state index in [0.29, 0.717) is 29.1 Å². The Kier molecular flexibility index (Phi) is 4.72. The van der Waals surface area contributed by atoms with Gasteiger partial charge in [-0.25, -0.2) is 14.6 Å². The highest BCUT2D eigenvalue weighted by molar-refractivity contribution is 5.88. The third-order valence-corrected chi connectivity index (χ3v) is 7.33. The largest absolute Gasteiger partial charge is 0.457 e. The summed E-state index contributed by atoms with van der Waals surface area (Å²) in [4.78, 5) is 44.2. The van der Waals surface area contributed by atoms with Crippen LogP contribution in [0.4, 0.5) is 4.79 Å². The molecular formula is C26H25N3O5. The summed E-state index contributed by atoms with van der Waals surface area (Å²) in [5.74, 6) is -0.655. The molecule has 4 heterocycles. The first-order valence-electron chi connectivity index (χ1n) is 11.8. The molecule has 1 N–H and O–H groups in total. The molecule has 1 aliphatic carbocycles. The number of rotatable bonds is 3. The van der Waals surface area contributed by atoms with Crippen LogP contribution >= 0.6 is 0 Å². The van der Waals surface area contributed by atoms with Gasteiger partial charge in [-0.1, -0.05) is 38.0 Å². The van der Waals surface area contributed by atoms with Crippen LogP contribution in [0.25, 0.3) is 22.3 Å². The third kappa shape index (κ3) is 3.04. The molecule has 0 bridgehead atoms. The second-order valence-corrected chi connectivity index (χ2v) is 9.27. The van der Waals surface area contributed by atoms with Crippen LogP contribution in [0.5, 0.6) is 0 Å². The monoisotopic (exact) mass is 459 g/mol. The van der Waals surface area contributed by atoms with E-state index < -0.39 is 17.7 Å². The van der Waals surface area contributed by atoms with Gasteiger partial charge in [0.05, 0.1) is 29.0 Å². The zero-order valence-corrected chi connectivity index (χ0v) is 18.9. The lowest BCUT2D eigenvalue weighted by atomic mass is 9.85. The van der Waals surface area contributed by atoms with Crippen LogP contribution in [0.1, 0.15) is 55.7 Å².